The largest absolute Gasteiger partial charge is 0.467 e. The van der Waals surface area contributed by atoms with Crippen LogP contribution in [0.2, 0.25) is 5.02 Å². The number of methoxy groups -OCH3 is 1. The number of benzene rings is 1. The van der Waals surface area contributed by atoms with Crippen LogP contribution in [0.3, 0.4) is 0 Å². The molecule has 0 spiro atoms. The average Bonchev–Trinajstić information content (AvgIpc) is 2.48. The van der Waals surface area contributed by atoms with Gasteiger partial charge in [-0.2, -0.15) is 0 Å². The Labute approximate surface area is 140 Å². The van der Waals surface area contributed by atoms with Crippen LogP contribution in [-0.2, 0) is 9.53 Å². The molecule has 0 radical (unpaired) electrons. The Hall–Kier alpha value is -0.740. The fraction of sp³-hybridized carbons (Fsp3) is 0.562. The highest BCUT2D eigenvalue weighted by atomic mass is 79.9. The molecule has 0 aromatic heterocycles. The smallest absolute Gasteiger partial charge is 0.328 e. The number of nitrogens with one attached hydrogen (secondary N) is 1. The summed E-state index contributed by atoms with van der Waals surface area (Å²) in [7, 11) is 1.42. The monoisotopic (exact) mass is 375 g/mol. The van der Waals surface area contributed by atoms with Gasteiger partial charge in [0.25, 0.3) is 0 Å². The zero-order valence-electron chi connectivity index (χ0n) is 12.6. The molecule has 0 aliphatic heterocycles. The van der Waals surface area contributed by atoms with E-state index in [0.717, 1.165) is 29.4 Å². The lowest BCUT2D eigenvalue weighted by molar-refractivity contribution is -0.141. The molecule has 3 nitrogen and oxygen atoms in total. The van der Waals surface area contributed by atoms with Crippen molar-refractivity contribution in [1.82, 2.24) is 0 Å². The molecule has 5 heteroatoms. The van der Waals surface area contributed by atoms with E-state index in [2.05, 4.69) is 28.2 Å². The molecule has 0 aliphatic rings. The van der Waals surface area contributed by atoms with Gasteiger partial charge in [-0.05, 0) is 40.5 Å². The van der Waals surface area contributed by atoms with E-state index in [0.29, 0.717) is 5.02 Å². The van der Waals surface area contributed by atoms with Crippen LogP contribution in [0.1, 0.15) is 45.4 Å². The molecular weight excluding hydrogens is 354 g/mol. The Morgan fingerprint density at radius 1 is 1.33 bits per heavy atom. The van der Waals surface area contributed by atoms with E-state index < -0.39 is 0 Å². The van der Waals surface area contributed by atoms with Gasteiger partial charge in [0.2, 0.25) is 0 Å². The highest BCUT2D eigenvalue weighted by molar-refractivity contribution is 9.10. The number of esters is 1. The first kappa shape index (κ1) is 18.3. The molecule has 21 heavy (non-hydrogen) atoms. The van der Waals surface area contributed by atoms with Gasteiger partial charge in [-0.3, -0.25) is 0 Å². The lowest BCUT2D eigenvalue weighted by Crippen LogP contribution is -2.30. The third kappa shape index (κ3) is 6.70. The van der Waals surface area contributed by atoms with Crippen molar-refractivity contribution in [2.75, 3.05) is 12.4 Å². The summed E-state index contributed by atoms with van der Waals surface area (Å²) in [5.41, 5.74) is 0.857. The Balaban J connectivity index is 2.56. The van der Waals surface area contributed by atoms with Gasteiger partial charge in [0.1, 0.15) is 6.04 Å². The topological polar surface area (TPSA) is 38.3 Å². The Morgan fingerprint density at radius 2 is 2.05 bits per heavy atom. The third-order valence-corrected chi connectivity index (χ3v) is 4.56. The second-order valence-electron chi connectivity index (χ2n) is 5.05. The normalized spacial score (nSPS) is 12.0. The van der Waals surface area contributed by atoms with Gasteiger partial charge in [0.15, 0.2) is 0 Å². The van der Waals surface area contributed by atoms with Crippen LogP contribution in [0.4, 0.5) is 5.69 Å². The number of hydrogen-bond donors (Lipinski definition) is 1. The molecule has 1 N–H and O–H groups in total. The summed E-state index contributed by atoms with van der Waals surface area (Å²) in [5.74, 6) is -0.225. The summed E-state index contributed by atoms with van der Waals surface area (Å²) >= 11 is 9.36. The van der Waals surface area contributed by atoms with E-state index in [4.69, 9.17) is 16.3 Å². The predicted octanol–water partition coefficient (Wildman–Crippen LogP) is 5.42. The van der Waals surface area contributed by atoms with Gasteiger partial charge in [-0.1, -0.05) is 50.6 Å². The predicted molar refractivity (Wildman–Crippen MR) is 92.0 cm³/mol. The molecule has 0 heterocycles. The highest BCUT2D eigenvalue weighted by Crippen LogP contribution is 2.26. The fourth-order valence-electron chi connectivity index (χ4n) is 2.13. The van der Waals surface area contributed by atoms with Crippen molar-refractivity contribution in [2.24, 2.45) is 0 Å². The van der Waals surface area contributed by atoms with Crippen molar-refractivity contribution in [3.8, 4) is 0 Å². The number of unbranched alkanes of at least 4 members (excludes halogenated alkanes) is 4. The first-order valence-electron chi connectivity index (χ1n) is 7.38. The van der Waals surface area contributed by atoms with Gasteiger partial charge in [-0.25, -0.2) is 4.79 Å². The van der Waals surface area contributed by atoms with Crippen LogP contribution in [0, 0.1) is 0 Å². The number of carbonyl (C=O) groups excluding carboxylic acids is 1. The lowest BCUT2D eigenvalue weighted by atomic mass is 10.1. The second-order valence-corrected chi connectivity index (χ2v) is 6.31. The lowest BCUT2D eigenvalue weighted by Gasteiger charge is -2.18. The van der Waals surface area contributed by atoms with E-state index in [1.807, 2.05) is 12.1 Å². The minimum Gasteiger partial charge on any atom is -0.467 e. The van der Waals surface area contributed by atoms with Crippen molar-refractivity contribution in [3.63, 3.8) is 0 Å². The van der Waals surface area contributed by atoms with Crippen LogP contribution < -0.4 is 5.32 Å². The summed E-state index contributed by atoms with van der Waals surface area (Å²) < 4.78 is 5.68. The van der Waals surface area contributed by atoms with Crippen LogP contribution in [0.5, 0.6) is 0 Å². The van der Waals surface area contributed by atoms with E-state index in [-0.39, 0.29) is 12.0 Å². The van der Waals surface area contributed by atoms with Gasteiger partial charge in [0.05, 0.1) is 12.1 Å². The van der Waals surface area contributed by atoms with Gasteiger partial charge in [0, 0.05) is 10.2 Å². The van der Waals surface area contributed by atoms with E-state index in [9.17, 15) is 4.79 Å². The first-order valence-corrected chi connectivity index (χ1v) is 8.55. The molecule has 0 saturated carbocycles. The van der Waals surface area contributed by atoms with Crippen LogP contribution >= 0.6 is 27.5 Å². The minimum absolute atomic E-state index is 0.225. The molecule has 1 aromatic carbocycles. The van der Waals surface area contributed by atoms with Gasteiger partial charge >= 0.3 is 5.97 Å². The maximum absolute atomic E-state index is 11.9. The van der Waals surface area contributed by atoms with Crippen molar-refractivity contribution in [3.05, 3.63) is 27.7 Å². The molecule has 1 atom stereocenters. The van der Waals surface area contributed by atoms with E-state index in [1.54, 1.807) is 6.07 Å². The average molecular weight is 377 g/mol. The molecule has 0 amide bonds. The second kappa shape index (κ2) is 10.1. The quantitative estimate of drug-likeness (QED) is 0.462. The third-order valence-electron chi connectivity index (χ3n) is 3.34. The minimum atomic E-state index is -0.315. The summed E-state index contributed by atoms with van der Waals surface area (Å²) in [6, 6.07) is 5.21. The number of ether oxygens (including phenoxy) is 1. The number of anilines is 1. The molecule has 1 rings (SSSR count). The number of carbonyl (C=O) groups is 1. The van der Waals surface area contributed by atoms with Crippen LogP contribution in [-0.4, -0.2) is 19.1 Å². The van der Waals surface area contributed by atoms with Crippen LogP contribution in [0.25, 0.3) is 0 Å². The molecule has 118 valence electrons. The van der Waals surface area contributed by atoms with Crippen LogP contribution in [0.15, 0.2) is 22.7 Å². The number of rotatable bonds is 9. The van der Waals surface area contributed by atoms with Crippen molar-refractivity contribution >= 4 is 39.2 Å². The van der Waals surface area contributed by atoms with Gasteiger partial charge < -0.3 is 10.1 Å². The summed E-state index contributed by atoms with van der Waals surface area (Å²) in [4.78, 5) is 11.9. The van der Waals surface area contributed by atoms with E-state index in [1.165, 1.54) is 26.4 Å². The maximum Gasteiger partial charge on any atom is 0.328 e. The van der Waals surface area contributed by atoms with Crippen molar-refractivity contribution < 1.29 is 9.53 Å². The maximum atomic E-state index is 11.9. The standard InChI is InChI=1S/C16H23BrClNO2/c1-3-4-5-6-7-8-15(16(20)21-2)19-12-9-10-14(18)13(17)11-12/h9-11,15,19H,3-8H2,1-2H3. The summed E-state index contributed by atoms with van der Waals surface area (Å²) in [6.07, 6.45) is 6.63. The summed E-state index contributed by atoms with van der Waals surface area (Å²) in [5, 5.41) is 3.87. The highest BCUT2D eigenvalue weighted by Gasteiger charge is 2.18. The molecule has 0 bridgehead atoms. The SMILES string of the molecule is CCCCCCCC(Nc1ccc(Cl)c(Br)c1)C(=O)OC. The Bertz CT molecular complexity index is 454. The van der Waals surface area contributed by atoms with Crippen molar-refractivity contribution in [1.29, 1.82) is 0 Å². The molecule has 0 saturated heterocycles. The Morgan fingerprint density at radius 3 is 2.67 bits per heavy atom. The fourth-order valence-corrected chi connectivity index (χ4v) is 2.63. The molecule has 1 aromatic rings. The summed E-state index contributed by atoms with van der Waals surface area (Å²) in [6.45, 7) is 2.19. The molecule has 0 aliphatic carbocycles. The molecule has 1 unspecified atom stereocenters. The van der Waals surface area contributed by atoms with Crippen molar-refractivity contribution in [2.45, 2.75) is 51.5 Å². The molecular formula is C16H23BrClNO2. The number of hydrogen-bond acceptors (Lipinski definition) is 3. The first-order chi connectivity index (χ1) is 10.1. The zero-order chi connectivity index (χ0) is 15.7. The van der Waals surface area contributed by atoms with E-state index >= 15 is 0 Å². The number of halogens is 2. The zero-order valence-corrected chi connectivity index (χ0v) is 15.0. The van der Waals surface area contributed by atoms with Gasteiger partial charge in [-0.15, -0.1) is 0 Å². The molecule has 0 fully saturated rings. The Kier molecular flexibility index (Phi) is 8.77.